The molecule has 0 spiro atoms. The topological polar surface area (TPSA) is 51.0 Å². The van der Waals surface area contributed by atoms with E-state index in [1.54, 1.807) is 6.92 Å². The molecule has 0 bridgehead atoms. The summed E-state index contributed by atoms with van der Waals surface area (Å²) in [5.41, 5.74) is 1.18. The molecule has 1 N–H and O–H groups in total. The van der Waals surface area contributed by atoms with Gasteiger partial charge in [-0.2, -0.15) is 0 Å². The second-order valence-electron chi connectivity index (χ2n) is 4.97. The maximum atomic E-state index is 6.07. The van der Waals surface area contributed by atoms with Crippen molar-refractivity contribution in [2.45, 2.75) is 37.4 Å². The molecule has 1 heterocycles. The minimum Gasteiger partial charge on any atom is -0.416 e. The molecule has 0 aliphatic heterocycles. The number of aryl methyl sites for hydroxylation is 1. The molecule has 0 aliphatic carbocycles. The third-order valence-electron chi connectivity index (χ3n) is 2.60. The summed E-state index contributed by atoms with van der Waals surface area (Å²) in [6.07, 6.45) is 0. The van der Waals surface area contributed by atoms with Gasteiger partial charge in [0.25, 0.3) is 5.22 Å². The van der Waals surface area contributed by atoms with Gasteiger partial charge in [0.05, 0.1) is 0 Å². The van der Waals surface area contributed by atoms with Crippen LogP contribution in [0, 0.1) is 12.8 Å². The highest BCUT2D eigenvalue weighted by Gasteiger charge is 2.10. The highest BCUT2D eigenvalue weighted by molar-refractivity contribution is 7.99. The largest absolute Gasteiger partial charge is 0.416 e. The van der Waals surface area contributed by atoms with E-state index in [9.17, 15) is 0 Å². The molecule has 0 radical (unpaired) electrons. The van der Waals surface area contributed by atoms with Gasteiger partial charge in [-0.25, -0.2) is 0 Å². The number of nitrogens with one attached hydrogen (secondary N) is 1. The Morgan fingerprint density at radius 1 is 1.35 bits per heavy atom. The van der Waals surface area contributed by atoms with Crippen molar-refractivity contribution in [1.82, 2.24) is 15.5 Å². The van der Waals surface area contributed by atoms with Crippen molar-refractivity contribution in [3.63, 3.8) is 0 Å². The number of nitrogens with zero attached hydrogens (tertiary/aromatic N) is 2. The van der Waals surface area contributed by atoms with Gasteiger partial charge in [-0.05, 0) is 41.9 Å². The molecule has 20 heavy (non-hydrogen) atoms. The van der Waals surface area contributed by atoms with Gasteiger partial charge in [-0.15, -0.1) is 10.2 Å². The lowest BCUT2D eigenvalue weighted by atomic mass is 10.2. The third-order valence-corrected chi connectivity index (χ3v) is 3.78. The van der Waals surface area contributed by atoms with E-state index in [1.807, 2.05) is 18.2 Å². The van der Waals surface area contributed by atoms with Crippen LogP contribution in [0.4, 0.5) is 0 Å². The first-order chi connectivity index (χ1) is 9.54. The van der Waals surface area contributed by atoms with Crippen LogP contribution in [-0.2, 0) is 6.54 Å². The molecule has 4 nitrogen and oxygen atoms in total. The van der Waals surface area contributed by atoms with Crippen molar-refractivity contribution < 1.29 is 4.42 Å². The first-order valence-corrected chi connectivity index (χ1v) is 7.71. The number of halogens is 1. The summed E-state index contributed by atoms with van der Waals surface area (Å²) in [6.45, 7) is 7.93. The minimum atomic E-state index is 0.537. The summed E-state index contributed by atoms with van der Waals surface area (Å²) in [5, 5.41) is 12.5. The standard InChI is InChI=1S/C14H18ClN3OS/c1-9(2)7-16-8-11-4-5-12(15)6-13(11)20-14-18-17-10(3)19-14/h4-6,9,16H,7-8H2,1-3H3. The summed E-state index contributed by atoms with van der Waals surface area (Å²) < 4.78 is 5.40. The average molecular weight is 312 g/mol. The summed E-state index contributed by atoms with van der Waals surface area (Å²) in [6, 6.07) is 5.86. The van der Waals surface area contributed by atoms with Gasteiger partial charge in [0.2, 0.25) is 5.89 Å². The fraction of sp³-hybridized carbons (Fsp3) is 0.429. The number of aromatic nitrogens is 2. The zero-order valence-corrected chi connectivity index (χ0v) is 13.4. The maximum absolute atomic E-state index is 6.07. The monoisotopic (exact) mass is 311 g/mol. The quantitative estimate of drug-likeness (QED) is 0.876. The van der Waals surface area contributed by atoms with Gasteiger partial charge in [0.15, 0.2) is 0 Å². The van der Waals surface area contributed by atoms with Crippen molar-refractivity contribution >= 4 is 23.4 Å². The van der Waals surface area contributed by atoms with Crippen molar-refractivity contribution in [2.75, 3.05) is 6.54 Å². The Kier molecular flexibility index (Phi) is 5.46. The molecule has 6 heteroatoms. The van der Waals surface area contributed by atoms with E-state index in [0.717, 1.165) is 18.0 Å². The second-order valence-corrected chi connectivity index (χ2v) is 6.40. The molecule has 0 saturated carbocycles. The Morgan fingerprint density at radius 2 is 2.15 bits per heavy atom. The smallest absolute Gasteiger partial charge is 0.281 e. The van der Waals surface area contributed by atoms with Crippen molar-refractivity contribution in [2.24, 2.45) is 5.92 Å². The van der Waals surface area contributed by atoms with Crippen LogP contribution < -0.4 is 5.32 Å². The molecular weight excluding hydrogens is 294 g/mol. The molecule has 0 amide bonds. The average Bonchev–Trinajstić information content (AvgIpc) is 2.77. The molecule has 0 aliphatic rings. The lowest BCUT2D eigenvalue weighted by Crippen LogP contribution is -2.19. The van der Waals surface area contributed by atoms with Crippen LogP contribution in [0.15, 0.2) is 32.7 Å². The van der Waals surface area contributed by atoms with Crippen molar-refractivity contribution in [3.8, 4) is 0 Å². The van der Waals surface area contributed by atoms with Crippen LogP contribution in [0.1, 0.15) is 25.3 Å². The van der Waals surface area contributed by atoms with Gasteiger partial charge in [-0.3, -0.25) is 0 Å². The molecule has 0 saturated heterocycles. The first kappa shape index (κ1) is 15.4. The molecule has 2 aromatic rings. The van der Waals surface area contributed by atoms with E-state index < -0.39 is 0 Å². The van der Waals surface area contributed by atoms with Crippen LogP contribution in [0.2, 0.25) is 5.02 Å². The van der Waals surface area contributed by atoms with Crippen LogP contribution in [-0.4, -0.2) is 16.7 Å². The Balaban J connectivity index is 2.11. The zero-order valence-electron chi connectivity index (χ0n) is 11.8. The number of hydrogen-bond donors (Lipinski definition) is 1. The van der Waals surface area contributed by atoms with Crippen molar-refractivity contribution in [3.05, 3.63) is 34.7 Å². The second kappa shape index (κ2) is 7.11. The maximum Gasteiger partial charge on any atom is 0.281 e. The highest BCUT2D eigenvalue weighted by atomic mass is 35.5. The lowest BCUT2D eigenvalue weighted by molar-refractivity contribution is 0.429. The van der Waals surface area contributed by atoms with Gasteiger partial charge >= 0.3 is 0 Å². The van der Waals surface area contributed by atoms with Gasteiger partial charge in [0.1, 0.15) is 0 Å². The zero-order chi connectivity index (χ0) is 14.5. The Bertz CT molecular complexity index is 571. The predicted molar refractivity (Wildman–Crippen MR) is 81.2 cm³/mol. The summed E-state index contributed by atoms with van der Waals surface area (Å²) in [7, 11) is 0. The third kappa shape index (κ3) is 4.51. The number of rotatable bonds is 6. The summed E-state index contributed by atoms with van der Waals surface area (Å²) in [5.74, 6) is 1.19. The molecule has 0 fully saturated rings. The van der Waals surface area contributed by atoms with Crippen LogP contribution in [0.3, 0.4) is 0 Å². The van der Waals surface area contributed by atoms with Gasteiger partial charge < -0.3 is 9.73 Å². The van der Waals surface area contributed by atoms with E-state index in [-0.39, 0.29) is 0 Å². The van der Waals surface area contributed by atoms with Gasteiger partial charge in [0, 0.05) is 23.4 Å². The first-order valence-electron chi connectivity index (χ1n) is 6.51. The van der Waals surface area contributed by atoms with Crippen LogP contribution in [0.25, 0.3) is 0 Å². The van der Waals surface area contributed by atoms with E-state index >= 15 is 0 Å². The fourth-order valence-corrected chi connectivity index (χ4v) is 2.80. The van der Waals surface area contributed by atoms with Crippen molar-refractivity contribution in [1.29, 1.82) is 0 Å². The molecular formula is C14H18ClN3OS. The van der Waals surface area contributed by atoms with Crippen LogP contribution in [0.5, 0.6) is 0 Å². The van der Waals surface area contributed by atoms with E-state index in [4.69, 9.17) is 16.0 Å². The molecule has 1 aromatic heterocycles. The van der Waals surface area contributed by atoms with Crippen LogP contribution >= 0.6 is 23.4 Å². The molecule has 1 aromatic carbocycles. The van der Waals surface area contributed by atoms with Gasteiger partial charge in [-0.1, -0.05) is 31.5 Å². The highest BCUT2D eigenvalue weighted by Crippen LogP contribution is 2.31. The SMILES string of the molecule is Cc1nnc(Sc2cc(Cl)ccc2CNCC(C)C)o1. The molecule has 0 atom stereocenters. The predicted octanol–water partition coefficient (Wildman–Crippen LogP) is 3.93. The molecule has 0 unspecified atom stereocenters. The number of hydrogen-bond acceptors (Lipinski definition) is 5. The van der Waals surface area contributed by atoms with E-state index in [1.165, 1.54) is 17.3 Å². The summed E-state index contributed by atoms with van der Waals surface area (Å²) in [4.78, 5) is 1.04. The normalized spacial score (nSPS) is 11.2. The number of benzene rings is 1. The van der Waals surface area contributed by atoms with E-state index in [0.29, 0.717) is 22.1 Å². The lowest BCUT2D eigenvalue weighted by Gasteiger charge is -2.11. The Morgan fingerprint density at radius 3 is 2.80 bits per heavy atom. The molecule has 2 rings (SSSR count). The Hall–Kier alpha value is -1.04. The fourth-order valence-electron chi connectivity index (χ4n) is 1.68. The molecule has 108 valence electrons. The van der Waals surface area contributed by atoms with E-state index in [2.05, 4.69) is 29.4 Å². The summed E-state index contributed by atoms with van der Waals surface area (Å²) >= 11 is 7.52. The Labute approximate surface area is 128 Å². The minimum absolute atomic E-state index is 0.537.